The third kappa shape index (κ3) is 3.38. The fourth-order valence-electron chi connectivity index (χ4n) is 2.25. The molecule has 1 heterocycles. The molecule has 0 saturated heterocycles. The van der Waals surface area contributed by atoms with E-state index in [2.05, 4.69) is 18.3 Å². The molecule has 0 saturated carbocycles. The monoisotopic (exact) mass is 259 g/mol. The van der Waals surface area contributed by atoms with Crippen molar-refractivity contribution in [2.75, 3.05) is 13.7 Å². The summed E-state index contributed by atoms with van der Waals surface area (Å²) < 4.78 is 11.1. The molecule has 19 heavy (non-hydrogen) atoms. The van der Waals surface area contributed by atoms with Crippen LogP contribution in [0.3, 0.4) is 0 Å². The number of benzene rings is 1. The van der Waals surface area contributed by atoms with Gasteiger partial charge in [-0.1, -0.05) is 25.1 Å². The topological polar surface area (TPSA) is 34.4 Å². The van der Waals surface area contributed by atoms with Crippen LogP contribution >= 0.6 is 0 Å². The van der Waals surface area contributed by atoms with Crippen molar-refractivity contribution in [3.8, 4) is 5.75 Å². The molecule has 1 atom stereocenters. The molecule has 1 aromatic carbocycles. The van der Waals surface area contributed by atoms with Gasteiger partial charge >= 0.3 is 0 Å². The molecule has 0 aliphatic rings. The number of aryl methyl sites for hydroxylation is 1. The first-order valence-corrected chi connectivity index (χ1v) is 6.66. The highest BCUT2D eigenvalue weighted by Crippen LogP contribution is 2.25. The van der Waals surface area contributed by atoms with Crippen LogP contribution in [-0.2, 0) is 6.42 Å². The van der Waals surface area contributed by atoms with Gasteiger partial charge in [-0.25, -0.2) is 0 Å². The maximum atomic E-state index is 5.74. The minimum absolute atomic E-state index is 0.176. The first-order valence-electron chi connectivity index (χ1n) is 6.66. The quantitative estimate of drug-likeness (QED) is 0.862. The van der Waals surface area contributed by atoms with E-state index < -0.39 is 0 Å². The molecule has 3 nitrogen and oxygen atoms in total. The Labute approximate surface area is 114 Å². The van der Waals surface area contributed by atoms with Gasteiger partial charge in [-0.2, -0.15) is 0 Å². The Morgan fingerprint density at radius 2 is 2.00 bits per heavy atom. The van der Waals surface area contributed by atoms with E-state index in [0.717, 1.165) is 30.2 Å². The Balaban J connectivity index is 2.21. The molecule has 0 radical (unpaired) electrons. The zero-order valence-electron chi connectivity index (χ0n) is 11.8. The van der Waals surface area contributed by atoms with Crippen molar-refractivity contribution in [1.29, 1.82) is 0 Å². The maximum absolute atomic E-state index is 5.74. The third-order valence-corrected chi connectivity index (χ3v) is 3.17. The molecule has 1 unspecified atom stereocenters. The van der Waals surface area contributed by atoms with Gasteiger partial charge < -0.3 is 14.5 Å². The number of rotatable bonds is 6. The Kier molecular flexibility index (Phi) is 4.63. The van der Waals surface area contributed by atoms with E-state index in [9.17, 15) is 0 Å². The second kappa shape index (κ2) is 6.43. The van der Waals surface area contributed by atoms with Crippen molar-refractivity contribution in [3.05, 3.63) is 53.5 Å². The van der Waals surface area contributed by atoms with Crippen molar-refractivity contribution in [2.24, 2.45) is 0 Å². The van der Waals surface area contributed by atoms with E-state index in [1.165, 1.54) is 5.56 Å². The molecule has 102 valence electrons. The van der Waals surface area contributed by atoms with E-state index in [1.807, 2.05) is 37.3 Å². The van der Waals surface area contributed by atoms with Crippen LogP contribution in [0.2, 0.25) is 0 Å². The van der Waals surface area contributed by atoms with Gasteiger partial charge in [0.15, 0.2) is 0 Å². The summed E-state index contributed by atoms with van der Waals surface area (Å²) in [6, 6.07) is 12.3. The largest absolute Gasteiger partial charge is 0.496 e. The molecular weight excluding hydrogens is 238 g/mol. The number of nitrogens with one attached hydrogen (secondary N) is 1. The lowest BCUT2D eigenvalue weighted by Crippen LogP contribution is -2.22. The van der Waals surface area contributed by atoms with Crippen molar-refractivity contribution >= 4 is 0 Å². The predicted molar refractivity (Wildman–Crippen MR) is 76.6 cm³/mol. The van der Waals surface area contributed by atoms with E-state index in [1.54, 1.807) is 7.11 Å². The number of para-hydroxylation sites is 1. The molecule has 3 heteroatoms. The number of hydrogen-bond acceptors (Lipinski definition) is 3. The van der Waals surface area contributed by atoms with Gasteiger partial charge in [0.2, 0.25) is 0 Å². The van der Waals surface area contributed by atoms with Gasteiger partial charge in [-0.3, -0.25) is 0 Å². The summed E-state index contributed by atoms with van der Waals surface area (Å²) in [4.78, 5) is 0. The Morgan fingerprint density at radius 1 is 1.21 bits per heavy atom. The molecule has 0 aliphatic heterocycles. The normalized spacial score (nSPS) is 12.4. The molecule has 2 aromatic rings. The lowest BCUT2D eigenvalue weighted by molar-refractivity contribution is 0.387. The van der Waals surface area contributed by atoms with Crippen LogP contribution < -0.4 is 10.1 Å². The first-order chi connectivity index (χ1) is 9.24. The van der Waals surface area contributed by atoms with Crippen LogP contribution in [0, 0.1) is 6.92 Å². The van der Waals surface area contributed by atoms with E-state index in [-0.39, 0.29) is 6.04 Å². The van der Waals surface area contributed by atoms with E-state index >= 15 is 0 Å². The average Bonchev–Trinajstić information content (AvgIpc) is 2.85. The van der Waals surface area contributed by atoms with Crippen molar-refractivity contribution < 1.29 is 9.15 Å². The van der Waals surface area contributed by atoms with Crippen LogP contribution in [0.1, 0.15) is 30.0 Å². The summed E-state index contributed by atoms with van der Waals surface area (Å²) in [6.07, 6.45) is 0.852. The number of furan rings is 1. The molecule has 0 bridgehead atoms. The van der Waals surface area contributed by atoms with Gasteiger partial charge in [0, 0.05) is 0 Å². The molecule has 0 amide bonds. The fourth-order valence-corrected chi connectivity index (χ4v) is 2.25. The molecule has 1 aromatic heterocycles. The summed E-state index contributed by atoms with van der Waals surface area (Å²) in [5.41, 5.74) is 1.19. The van der Waals surface area contributed by atoms with Gasteiger partial charge in [0.05, 0.1) is 13.2 Å². The SMILES string of the molecule is CCNC(Cc1ccccc1OC)c1ccc(C)o1. The van der Waals surface area contributed by atoms with Gasteiger partial charge in [-0.15, -0.1) is 0 Å². The maximum Gasteiger partial charge on any atom is 0.122 e. The highest BCUT2D eigenvalue weighted by Gasteiger charge is 2.16. The molecule has 1 N–H and O–H groups in total. The van der Waals surface area contributed by atoms with Gasteiger partial charge in [0.25, 0.3) is 0 Å². The lowest BCUT2D eigenvalue weighted by atomic mass is 10.0. The van der Waals surface area contributed by atoms with Crippen molar-refractivity contribution in [2.45, 2.75) is 26.3 Å². The summed E-state index contributed by atoms with van der Waals surface area (Å²) in [7, 11) is 1.71. The highest BCUT2D eigenvalue weighted by atomic mass is 16.5. The number of likely N-dealkylation sites (N-methyl/N-ethyl adjacent to an activating group) is 1. The zero-order chi connectivity index (χ0) is 13.7. The van der Waals surface area contributed by atoms with Crippen molar-refractivity contribution in [1.82, 2.24) is 5.32 Å². The summed E-state index contributed by atoms with van der Waals surface area (Å²) in [5.74, 6) is 2.84. The molecule has 0 spiro atoms. The first kappa shape index (κ1) is 13.7. The smallest absolute Gasteiger partial charge is 0.122 e. The van der Waals surface area contributed by atoms with E-state index in [0.29, 0.717) is 0 Å². The number of methoxy groups -OCH3 is 1. The number of ether oxygens (including phenoxy) is 1. The van der Waals surface area contributed by atoms with Gasteiger partial charge in [0.1, 0.15) is 17.3 Å². The predicted octanol–water partition coefficient (Wildman–Crippen LogP) is 3.49. The Hall–Kier alpha value is -1.74. The summed E-state index contributed by atoms with van der Waals surface area (Å²) >= 11 is 0. The van der Waals surface area contributed by atoms with Crippen LogP contribution in [0.4, 0.5) is 0 Å². The molecule has 2 rings (SSSR count). The Morgan fingerprint density at radius 3 is 2.63 bits per heavy atom. The second-order valence-electron chi connectivity index (χ2n) is 4.57. The average molecular weight is 259 g/mol. The molecule has 0 fully saturated rings. The zero-order valence-corrected chi connectivity index (χ0v) is 11.8. The molecule has 0 aliphatic carbocycles. The van der Waals surface area contributed by atoms with Crippen LogP contribution in [-0.4, -0.2) is 13.7 Å². The summed E-state index contributed by atoms with van der Waals surface area (Å²) in [6.45, 7) is 4.97. The third-order valence-electron chi connectivity index (χ3n) is 3.17. The molecular formula is C16H21NO2. The summed E-state index contributed by atoms with van der Waals surface area (Å²) in [5, 5.41) is 3.46. The van der Waals surface area contributed by atoms with E-state index in [4.69, 9.17) is 9.15 Å². The second-order valence-corrected chi connectivity index (χ2v) is 4.57. The lowest BCUT2D eigenvalue weighted by Gasteiger charge is -2.17. The fraction of sp³-hybridized carbons (Fsp3) is 0.375. The van der Waals surface area contributed by atoms with Crippen molar-refractivity contribution in [3.63, 3.8) is 0 Å². The van der Waals surface area contributed by atoms with Crippen LogP contribution in [0.25, 0.3) is 0 Å². The van der Waals surface area contributed by atoms with Gasteiger partial charge in [-0.05, 0) is 43.7 Å². The standard InChI is InChI=1S/C16H21NO2/c1-4-17-14(16-10-9-12(2)19-16)11-13-7-5-6-8-15(13)18-3/h5-10,14,17H,4,11H2,1-3H3. The number of hydrogen-bond donors (Lipinski definition) is 1. The highest BCUT2D eigenvalue weighted by molar-refractivity contribution is 5.34. The minimum Gasteiger partial charge on any atom is -0.496 e. The van der Waals surface area contributed by atoms with Crippen LogP contribution in [0.5, 0.6) is 5.75 Å². The van der Waals surface area contributed by atoms with Crippen LogP contribution in [0.15, 0.2) is 40.8 Å². The minimum atomic E-state index is 0.176. The Bertz CT molecular complexity index is 519.